The molecule has 1 atom stereocenters. The summed E-state index contributed by atoms with van der Waals surface area (Å²) in [4.78, 5) is 3.81. The van der Waals surface area contributed by atoms with Crippen LogP contribution in [0.2, 0.25) is 0 Å². The maximum absolute atomic E-state index is 11.7. The molecule has 1 unspecified atom stereocenters. The van der Waals surface area contributed by atoms with E-state index < -0.39 is 15.3 Å². The SMILES string of the molecule is CCNCC(C)S(=O)(=O)NCCc1ncno1. The molecule has 0 aliphatic rings. The molecule has 0 bridgehead atoms. The van der Waals surface area contributed by atoms with E-state index in [1.807, 2.05) is 6.92 Å². The Morgan fingerprint density at radius 1 is 1.53 bits per heavy atom. The van der Waals surface area contributed by atoms with Gasteiger partial charge in [0.05, 0.1) is 5.25 Å². The molecule has 0 radical (unpaired) electrons. The molecular weight excluding hydrogens is 244 g/mol. The lowest BCUT2D eigenvalue weighted by Gasteiger charge is -2.13. The number of hydrogen-bond donors (Lipinski definition) is 2. The molecule has 1 aromatic rings. The zero-order valence-electron chi connectivity index (χ0n) is 10.0. The third-order valence-corrected chi connectivity index (χ3v) is 4.09. The Morgan fingerprint density at radius 3 is 2.88 bits per heavy atom. The highest BCUT2D eigenvalue weighted by Crippen LogP contribution is 1.98. The molecular formula is C9H18N4O3S. The van der Waals surface area contributed by atoms with Crippen molar-refractivity contribution in [3.8, 4) is 0 Å². The van der Waals surface area contributed by atoms with Crippen LogP contribution in [-0.2, 0) is 16.4 Å². The maximum Gasteiger partial charge on any atom is 0.227 e. The second-order valence-electron chi connectivity index (χ2n) is 3.64. The van der Waals surface area contributed by atoms with Crippen LogP contribution in [0.3, 0.4) is 0 Å². The number of nitrogens with one attached hydrogen (secondary N) is 2. The first-order chi connectivity index (χ1) is 8.06. The Morgan fingerprint density at radius 2 is 2.29 bits per heavy atom. The summed E-state index contributed by atoms with van der Waals surface area (Å²) in [5.41, 5.74) is 0. The van der Waals surface area contributed by atoms with Crippen LogP contribution < -0.4 is 10.0 Å². The number of hydrogen-bond acceptors (Lipinski definition) is 6. The predicted octanol–water partition coefficient (Wildman–Crippen LogP) is -0.470. The van der Waals surface area contributed by atoms with Gasteiger partial charge in [0.25, 0.3) is 0 Å². The lowest BCUT2D eigenvalue weighted by molar-refractivity contribution is 0.377. The number of nitrogens with zero attached hydrogens (tertiary/aromatic N) is 2. The van der Waals surface area contributed by atoms with E-state index in [0.717, 1.165) is 6.54 Å². The van der Waals surface area contributed by atoms with E-state index in [2.05, 4.69) is 20.2 Å². The molecule has 1 rings (SSSR count). The molecule has 0 aliphatic carbocycles. The zero-order chi connectivity index (χ0) is 12.7. The second-order valence-corrected chi connectivity index (χ2v) is 5.83. The molecule has 0 fully saturated rings. The van der Waals surface area contributed by atoms with Gasteiger partial charge >= 0.3 is 0 Å². The van der Waals surface area contributed by atoms with Gasteiger partial charge in [0.2, 0.25) is 15.9 Å². The van der Waals surface area contributed by atoms with E-state index in [4.69, 9.17) is 4.52 Å². The fourth-order valence-electron chi connectivity index (χ4n) is 1.21. The monoisotopic (exact) mass is 262 g/mol. The quantitative estimate of drug-likeness (QED) is 0.657. The fourth-order valence-corrected chi connectivity index (χ4v) is 2.21. The smallest absolute Gasteiger partial charge is 0.227 e. The Balaban J connectivity index is 2.33. The van der Waals surface area contributed by atoms with E-state index in [9.17, 15) is 8.42 Å². The Hall–Kier alpha value is -0.990. The Kier molecular flexibility index (Phi) is 5.52. The van der Waals surface area contributed by atoms with Crippen LogP contribution in [0.5, 0.6) is 0 Å². The minimum absolute atomic E-state index is 0.265. The summed E-state index contributed by atoms with van der Waals surface area (Å²) in [6, 6.07) is 0. The van der Waals surface area contributed by atoms with Gasteiger partial charge in [-0.1, -0.05) is 12.1 Å². The summed E-state index contributed by atoms with van der Waals surface area (Å²) in [5.74, 6) is 0.423. The molecule has 98 valence electrons. The molecule has 0 amide bonds. The van der Waals surface area contributed by atoms with Crippen molar-refractivity contribution in [2.75, 3.05) is 19.6 Å². The highest BCUT2D eigenvalue weighted by atomic mass is 32.2. The van der Waals surface area contributed by atoms with Gasteiger partial charge < -0.3 is 9.84 Å². The van der Waals surface area contributed by atoms with Gasteiger partial charge in [0.15, 0.2) is 6.33 Å². The topological polar surface area (TPSA) is 97.1 Å². The van der Waals surface area contributed by atoms with E-state index >= 15 is 0 Å². The molecule has 0 aliphatic heterocycles. The second kappa shape index (κ2) is 6.67. The molecule has 1 heterocycles. The first kappa shape index (κ1) is 14.1. The molecule has 2 N–H and O–H groups in total. The molecule has 7 nitrogen and oxygen atoms in total. The highest BCUT2D eigenvalue weighted by Gasteiger charge is 2.19. The van der Waals surface area contributed by atoms with Gasteiger partial charge in [-0.05, 0) is 13.5 Å². The van der Waals surface area contributed by atoms with Crippen molar-refractivity contribution in [1.29, 1.82) is 0 Å². The van der Waals surface area contributed by atoms with Crippen molar-refractivity contribution in [1.82, 2.24) is 20.2 Å². The first-order valence-electron chi connectivity index (χ1n) is 5.51. The summed E-state index contributed by atoms with van der Waals surface area (Å²) in [7, 11) is -3.29. The van der Waals surface area contributed by atoms with E-state index in [0.29, 0.717) is 18.9 Å². The number of aromatic nitrogens is 2. The third kappa shape index (κ3) is 4.80. The van der Waals surface area contributed by atoms with Crippen molar-refractivity contribution in [3.63, 3.8) is 0 Å². The Bertz CT molecular complexity index is 404. The van der Waals surface area contributed by atoms with Gasteiger partial charge in [-0.15, -0.1) is 0 Å². The first-order valence-corrected chi connectivity index (χ1v) is 7.05. The van der Waals surface area contributed by atoms with Crippen molar-refractivity contribution in [3.05, 3.63) is 12.2 Å². The van der Waals surface area contributed by atoms with Crippen molar-refractivity contribution >= 4 is 10.0 Å². The third-order valence-electron chi connectivity index (χ3n) is 2.26. The average Bonchev–Trinajstić information content (AvgIpc) is 2.78. The van der Waals surface area contributed by atoms with Crippen LogP contribution in [0.15, 0.2) is 10.9 Å². The standard InChI is InChI=1S/C9H18N4O3S/c1-3-10-6-8(2)17(14,15)13-5-4-9-11-7-12-16-9/h7-8,10,13H,3-6H2,1-2H3. The largest absolute Gasteiger partial charge is 0.340 e. The maximum atomic E-state index is 11.7. The van der Waals surface area contributed by atoms with E-state index in [1.54, 1.807) is 6.92 Å². The van der Waals surface area contributed by atoms with Crippen LogP contribution in [0.1, 0.15) is 19.7 Å². The zero-order valence-corrected chi connectivity index (χ0v) is 10.8. The van der Waals surface area contributed by atoms with Gasteiger partial charge in [0.1, 0.15) is 0 Å². The van der Waals surface area contributed by atoms with Crippen LogP contribution in [-0.4, -0.2) is 43.4 Å². The summed E-state index contributed by atoms with van der Waals surface area (Å²) in [6.45, 7) is 5.05. The average molecular weight is 262 g/mol. The number of sulfonamides is 1. The summed E-state index contributed by atoms with van der Waals surface area (Å²) < 4.78 is 30.8. The molecule has 17 heavy (non-hydrogen) atoms. The summed E-state index contributed by atoms with van der Waals surface area (Å²) >= 11 is 0. The Labute approximate surface area is 101 Å². The van der Waals surface area contributed by atoms with Gasteiger partial charge in [-0.3, -0.25) is 0 Å². The number of rotatable bonds is 8. The highest BCUT2D eigenvalue weighted by molar-refractivity contribution is 7.90. The van der Waals surface area contributed by atoms with Gasteiger partial charge in [-0.2, -0.15) is 4.98 Å². The lowest BCUT2D eigenvalue weighted by atomic mass is 10.4. The van der Waals surface area contributed by atoms with Crippen LogP contribution in [0.25, 0.3) is 0 Å². The minimum atomic E-state index is -3.29. The lowest BCUT2D eigenvalue weighted by Crippen LogP contribution is -2.39. The molecule has 0 aromatic carbocycles. The van der Waals surface area contributed by atoms with Crippen LogP contribution in [0.4, 0.5) is 0 Å². The van der Waals surface area contributed by atoms with E-state index in [1.165, 1.54) is 6.33 Å². The predicted molar refractivity (Wildman–Crippen MR) is 62.9 cm³/mol. The fraction of sp³-hybridized carbons (Fsp3) is 0.778. The van der Waals surface area contributed by atoms with Crippen LogP contribution >= 0.6 is 0 Å². The summed E-state index contributed by atoms with van der Waals surface area (Å²) in [5, 5.41) is 5.97. The molecule has 8 heteroatoms. The molecule has 0 saturated heterocycles. The van der Waals surface area contributed by atoms with Crippen molar-refractivity contribution < 1.29 is 12.9 Å². The van der Waals surface area contributed by atoms with Gasteiger partial charge in [0, 0.05) is 19.5 Å². The van der Waals surface area contributed by atoms with Crippen molar-refractivity contribution in [2.24, 2.45) is 0 Å². The minimum Gasteiger partial charge on any atom is -0.340 e. The molecule has 0 saturated carbocycles. The van der Waals surface area contributed by atoms with E-state index in [-0.39, 0.29) is 6.54 Å². The van der Waals surface area contributed by atoms with Crippen molar-refractivity contribution in [2.45, 2.75) is 25.5 Å². The normalized spacial score (nSPS) is 13.8. The molecule has 0 spiro atoms. The van der Waals surface area contributed by atoms with Crippen LogP contribution in [0, 0.1) is 0 Å². The molecule has 1 aromatic heterocycles. The van der Waals surface area contributed by atoms with Gasteiger partial charge in [-0.25, -0.2) is 13.1 Å². The summed E-state index contributed by atoms with van der Waals surface area (Å²) in [6.07, 6.45) is 1.69.